The molecule has 2 rings (SSSR count). The summed E-state index contributed by atoms with van der Waals surface area (Å²) in [6.07, 6.45) is -1.25. The quantitative estimate of drug-likeness (QED) is 0.880. The number of nitrogens with zero attached hydrogens (tertiary/aromatic N) is 3. The molecular formula is C12H10F4N4. The number of alkyl halides is 4. The van der Waals surface area contributed by atoms with Crippen molar-refractivity contribution in [1.82, 2.24) is 15.0 Å². The minimum Gasteiger partial charge on any atom is -0.326 e. The number of hydrogen-bond acceptors (Lipinski definition) is 4. The van der Waals surface area contributed by atoms with Gasteiger partial charge >= 0.3 is 6.18 Å². The van der Waals surface area contributed by atoms with Gasteiger partial charge in [-0.2, -0.15) is 13.2 Å². The van der Waals surface area contributed by atoms with Crippen molar-refractivity contribution in [3.8, 4) is 11.3 Å². The largest absolute Gasteiger partial charge is 0.451 e. The van der Waals surface area contributed by atoms with Gasteiger partial charge in [0.05, 0.1) is 5.69 Å². The Morgan fingerprint density at radius 2 is 1.65 bits per heavy atom. The molecule has 20 heavy (non-hydrogen) atoms. The van der Waals surface area contributed by atoms with E-state index in [9.17, 15) is 17.6 Å². The SMILES string of the molecule is NCc1cc(-c2cnc(C(F)(F)F)nc2)ncc1CF. The van der Waals surface area contributed by atoms with Crippen molar-refractivity contribution >= 4 is 0 Å². The molecule has 0 aliphatic carbocycles. The van der Waals surface area contributed by atoms with Crippen molar-refractivity contribution in [1.29, 1.82) is 0 Å². The summed E-state index contributed by atoms with van der Waals surface area (Å²) in [5, 5.41) is 0. The fraction of sp³-hybridized carbons (Fsp3) is 0.250. The van der Waals surface area contributed by atoms with Crippen LogP contribution in [0.5, 0.6) is 0 Å². The van der Waals surface area contributed by atoms with E-state index in [1.165, 1.54) is 12.3 Å². The molecular weight excluding hydrogens is 276 g/mol. The maximum atomic E-state index is 12.6. The topological polar surface area (TPSA) is 64.7 Å². The molecule has 0 aliphatic heterocycles. The third-order valence-corrected chi connectivity index (χ3v) is 2.65. The van der Waals surface area contributed by atoms with E-state index in [0.29, 0.717) is 22.4 Å². The van der Waals surface area contributed by atoms with Gasteiger partial charge in [-0.15, -0.1) is 0 Å². The smallest absolute Gasteiger partial charge is 0.326 e. The van der Waals surface area contributed by atoms with Crippen molar-refractivity contribution in [3.63, 3.8) is 0 Å². The summed E-state index contributed by atoms with van der Waals surface area (Å²) in [5.74, 6) is -1.22. The Hall–Kier alpha value is -2.09. The van der Waals surface area contributed by atoms with Crippen LogP contribution in [0.1, 0.15) is 17.0 Å². The molecule has 2 aromatic heterocycles. The van der Waals surface area contributed by atoms with Crippen molar-refractivity contribution in [2.24, 2.45) is 5.73 Å². The normalized spacial score (nSPS) is 11.7. The summed E-state index contributed by atoms with van der Waals surface area (Å²) in [4.78, 5) is 10.4. The van der Waals surface area contributed by atoms with Crippen LogP contribution in [0.2, 0.25) is 0 Å². The molecule has 0 aliphatic rings. The Morgan fingerprint density at radius 1 is 1.00 bits per heavy atom. The van der Waals surface area contributed by atoms with Crippen molar-refractivity contribution in [2.45, 2.75) is 19.4 Å². The van der Waals surface area contributed by atoms with Gasteiger partial charge in [0.15, 0.2) is 0 Å². The molecule has 0 bridgehead atoms. The highest BCUT2D eigenvalue weighted by Gasteiger charge is 2.34. The van der Waals surface area contributed by atoms with Crippen molar-refractivity contribution in [3.05, 3.63) is 41.6 Å². The van der Waals surface area contributed by atoms with E-state index in [2.05, 4.69) is 15.0 Å². The first-order chi connectivity index (χ1) is 9.45. The fourth-order valence-corrected chi connectivity index (χ4v) is 1.60. The molecule has 2 heterocycles. The van der Waals surface area contributed by atoms with E-state index in [0.717, 1.165) is 12.4 Å². The molecule has 0 unspecified atom stereocenters. The van der Waals surface area contributed by atoms with Gasteiger partial charge in [0.25, 0.3) is 0 Å². The zero-order chi connectivity index (χ0) is 14.8. The molecule has 0 amide bonds. The molecule has 0 fully saturated rings. The number of halogens is 4. The van der Waals surface area contributed by atoms with Crippen LogP contribution in [0.3, 0.4) is 0 Å². The van der Waals surface area contributed by atoms with E-state index < -0.39 is 18.7 Å². The minimum absolute atomic E-state index is 0.107. The predicted octanol–water partition coefficient (Wildman–Crippen LogP) is 2.49. The van der Waals surface area contributed by atoms with E-state index in [-0.39, 0.29) is 6.54 Å². The summed E-state index contributed by atoms with van der Waals surface area (Å²) in [6.45, 7) is -0.598. The molecule has 2 N–H and O–H groups in total. The molecule has 0 aromatic carbocycles. The van der Waals surface area contributed by atoms with E-state index in [1.807, 2.05) is 0 Å². The molecule has 0 saturated heterocycles. The summed E-state index contributed by atoms with van der Waals surface area (Å²) in [6, 6.07) is 1.51. The molecule has 4 nitrogen and oxygen atoms in total. The minimum atomic E-state index is -4.59. The van der Waals surface area contributed by atoms with Gasteiger partial charge in [-0.25, -0.2) is 14.4 Å². The summed E-state index contributed by atoms with van der Waals surface area (Å²) in [7, 11) is 0. The Bertz CT molecular complexity index is 595. The first-order valence-electron chi connectivity index (χ1n) is 5.59. The number of nitrogens with two attached hydrogens (primary N) is 1. The van der Waals surface area contributed by atoms with Crippen LogP contribution in [0.15, 0.2) is 24.7 Å². The lowest BCUT2D eigenvalue weighted by molar-refractivity contribution is -0.144. The second kappa shape index (κ2) is 5.49. The van der Waals surface area contributed by atoms with Crippen molar-refractivity contribution < 1.29 is 17.6 Å². The van der Waals surface area contributed by atoms with Crippen LogP contribution in [-0.2, 0) is 19.4 Å². The third kappa shape index (κ3) is 2.90. The Labute approximate surface area is 111 Å². The summed E-state index contributed by atoms with van der Waals surface area (Å²) >= 11 is 0. The number of rotatable bonds is 3. The fourth-order valence-electron chi connectivity index (χ4n) is 1.60. The number of aromatic nitrogens is 3. The second-order valence-electron chi connectivity index (χ2n) is 3.97. The molecule has 0 spiro atoms. The summed E-state index contributed by atoms with van der Waals surface area (Å²) in [5.41, 5.74) is 7.02. The molecule has 0 saturated carbocycles. The van der Waals surface area contributed by atoms with Gasteiger partial charge in [0.2, 0.25) is 5.82 Å². The first kappa shape index (κ1) is 14.3. The van der Waals surface area contributed by atoms with Gasteiger partial charge < -0.3 is 5.73 Å². The number of hydrogen-bond donors (Lipinski definition) is 1. The lowest BCUT2D eigenvalue weighted by atomic mass is 10.1. The van der Waals surface area contributed by atoms with Gasteiger partial charge in [-0.05, 0) is 11.6 Å². The third-order valence-electron chi connectivity index (χ3n) is 2.65. The highest BCUT2D eigenvalue weighted by molar-refractivity contribution is 5.58. The molecule has 106 valence electrons. The summed E-state index contributed by atoms with van der Waals surface area (Å²) < 4.78 is 49.7. The zero-order valence-corrected chi connectivity index (χ0v) is 10.2. The van der Waals surface area contributed by atoms with Crippen LogP contribution >= 0.6 is 0 Å². The van der Waals surface area contributed by atoms with Gasteiger partial charge in [0, 0.05) is 36.3 Å². The van der Waals surface area contributed by atoms with Crippen molar-refractivity contribution in [2.75, 3.05) is 0 Å². The van der Waals surface area contributed by atoms with Crippen LogP contribution in [0.4, 0.5) is 17.6 Å². The average molecular weight is 286 g/mol. The van der Waals surface area contributed by atoms with Gasteiger partial charge in [-0.3, -0.25) is 4.98 Å². The lowest BCUT2D eigenvalue weighted by Gasteiger charge is -2.08. The lowest BCUT2D eigenvalue weighted by Crippen LogP contribution is -2.10. The Morgan fingerprint density at radius 3 is 2.15 bits per heavy atom. The van der Waals surface area contributed by atoms with Crippen LogP contribution in [0, 0.1) is 0 Å². The average Bonchev–Trinajstić information content (AvgIpc) is 2.45. The molecule has 8 heteroatoms. The highest BCUT2D eigenvalue weighted by Crippen LogP contribution is 2.27. The van der Waals surface area contributed by atoms with Gasteiger partial charge in [-0.1, -0.05) is 0 Å². The Kier molecular flexibility index (Phi) is 3.93. The van der Waals surface area contributed by atoms with Crippen LogP contribution in [0.25, 0.3) is 11.3 Å². The predicted molar refractivity (Wildman–Crippen MR) is 63.0 cm³/mol. The number of pyridine rings is 1. The maximum Gasteiger partial charge on any atom is 0.451 e. The maximum absolute atomic E-state index is 12.6. The van der Waals surface area contributed by atoms with E-state index in [4.69, 9.17) is 5.73 Å². The molecule has 0 radical (unpaired) electrons. The van der Waals surface area contributed by atoms with E-state index >= 15 is 0 Å². The zero-order valence-electron chi connectivity index (χ0n) is 10.2. The van der Waals surface area contributed by atoms with Crippen LogP contribution in [-0.4, -0.2) is 15.0 Å². The van der Waals surface area contributed by atoms with E-state index in [1.54, 1.807) is 0 Å². The van der Waals surface area contributed by atoms with Gasteiger partial charge in [0.1, 0.15) is 6.67 Å². The Balaban J connectivity index is 2.37. The molecule has 2 aromatic rings. The van der Waals surface area contributed by atoms with Crippen LogP contribution < -0.4 is 5.73 Å². The molecule has 0 atom stereocenters. The monoisotopic (exact) mass is 286 g/mol. The second-order valence-corrected chi connectivity index (χ2v) is 3.97. The highest BCUT2D eigenvalue weighted by atomic mass is 19.4. The first-order valence-corrected chi connectivity index (χ1v) is 5.59. The standard InChI is InChI=1S/C12H10F4N4/c13-2-8-4-18-10(1-7(8)3-17)9-5-19-11(20-6-9)12(14,15)16/h1,4-6H,2-3,17H2.